The molecule has 1 aliphatic heterocycles. The Morgan fingerprint density at radius 2 is 1.74 bits per heavy atom. The number of benzene rings is 3. The van der Waals surface area contributed by atoms with Crippen molar-refractivity contribution in [1.82, 2.24) is 19.7 Å². The van der Waals surface area contributed by atoms with E-state index >= 15 is 0 Å². The number of carbonyl (C=O) groups is 1. The summed E-state index contributed by atoms with van der Waals surface area (Å²) in [4.78, 5) is 21.9. The highest BCUT2D eigenvalue weighted by atomic mass is 16.4. The first kappa shape index (κ1) is 20.5. The molecular formula is C26H19N7O2. The maximum absolute atomic E-state index is 13.0. The van der Waals surface area contributed by atoms with Crippen LogP contribution >= 0.6 is 0 Å². The first-order valence-electron chi connectivity index (χ1n) is 11.0. The first-order valence-corrected chi connectivity index (χ1v) is 11.0. The van der Waals surface area contributed by atoms with Gasteiger partial charge in [-0.1, -0.05) is 59.7 Å². The van der Waals surface area contributed by atoms with E-state index in [1.807, 2.05) is 89.6 Å². The summed E-state index contributed by atoms with van der Waals surface area (Å²) in [5, 5.41) is 14.2. The summed E-state index contributed by atoms with van der Waals surface area (Å²) in [5.74, 6) is -0.00993. The van der Waals surface area contributed by atoms with Crippen molar-refractivity contribution in [2.24, 2.45) is 4.99 Å². The number of nitrogens with one attached hydrogen (secondary N) is 2. The van der Waals surface area contributed by atoms with Crippen molar-refractivity contribution in [2.45, 2.75) is 6.17 Å². The van der Waals surface area contributed by atoms with E-state index in [0.29, 0.717) is 17.3 Å². The van der Waals surface area contributed by atoms with Gasteiger partial charge in [-0.15, -0.1) is 5.10 Å². The Morgan fingerprint density at radius 1 is 0.914 bits per heavy atom. The molecule has 0 fully saturated rings. The highest BCUT2D eigenvalue weighted by molar-refractivity contribution is 6.19. The number of benzodiazepines with no additional fused rings is 1. The lowest BCUT2D eigenvalue weighted by atomic mass is 10.0. The number of aliphatic imine (C=N–C) groups is 1. The van der Waals surface area contributed by atoms with Gasteiger partial charge in [0.25, 0.3) is 5.91 Å². The van der Waals surface area contributed by atoms with Crippen LogP contribution in [0.4, 0.5) is 11.7 Å². The van der Waals surface area contributed by atoms with E-state index in [9.17, 15) is 4.79 Å². The fourth-order valence-electron chi connectivity index (χ4n) is 3.91. The van der Waals surface area contributed by atoms with E-state index in [1.54, 1.807) is 12.5 Å². The van der Waals surface area contributed by atoms with E-state index in [-0.39, 0.29) is 11.9 Å². The summed E-state index contributed by atoms with van der Waals surface area (Å²) in [6, 6.07) is 25.0. The van der Waals surface area contributed by atoms with Crippen LogP contribution in [0.5, 0.6) is 0 Å². The second kappa shape index (κ2) is 8.71. The Kier molecular flexibility index (Phi) is 5.12. The van der Waals surface area contributed by atoms with Gasteiger partial charge in [-0.05, 0) is 24.3 Å². The summed E-state index contributed by atoms with van der Waals surface area (Å²) >= 11 is 0. The fourth-order valence-corrected chi connectivity index (χ4v) is 3.91. The lowest BCUT2D eigenvalue weighted by molar-refractivity contribution is -0.116. The monoisotopic (exact) mass is 461 g/mol. The highest BCUT2D eigenvalue weighted by Gasteiger charge is 2.27. The number of para-hydroxylation sites is 1. The van der Waals surface area contributed by atoms with Crippen LogP contribution in [-0.2, 0) is 4.79 Å². The van der Waals surface area contributed by atoms with Gasteiger partial charge in [-0.2, -0.15) is 0 Å². The van der Waals surface area contributed by atoms with E-state index in [2.05, 4.69) is 25.8 Å². The quantitative estimate of drug-likeness (QED) is 0.407. The second-order valence-electron chi connectivity index (χ2n) is 7.86. The van der Waals surface area contributed by atoms with Crippen molar-refractivity contribution in [1.29, 1.82) is 0 Å². The average molecular weight is 461 g/mol. The van der Waals surface area contributed by atoms with Crippen molar-refractivity contribution < 1.29 is 9.21 Å². The fraction of sp³-hybridized carbons (Fsp3) is 0.0385. The number of fused-ring (bicyclic) bond motifs is 1. The maximum atomic E-state index is 13.0. The Bertz CT molecular complexity index is 1520. The Morgan fingerprint density at radius 3 is 2.60 bits per heavy atom. The molecule has 1 aliphatic rings. The molecule has 3 heterocycles. The van der Waals surface area contributed by atoms with Crippen molar-refractivity contribution in [3.8, 4) is 17.1 Å². The maximum Gasteiger partial charge on any atom is 0.317 e. The number of imidazole rings is 1. The third-order valence-corrected chi connectivity index (χ3v) is 5.57. The zero-order valence-electron chi connectivity index (χ0n) is 18.4. The molecule has 1 atom stereocenters. The molecule has 0 spiro atoms. The molecule has 9 nitrogen and oxygen atoms in total. The number of amides is 1. The molecule has 0 saturated heterocycles. The summed E-state index contributed by atoms with van der Waals surface area (Å²) in [6.07, 6.45) is 4.31. The van der Waals surface area contributed by atoms with Crippen molar-refractivity contribution in [3.05, 3.63) is 109 Å². The Balaban J connectivity index is 1.32. The number of anilines is 2. The average Bonchev–Trinajstić information content (AvgIpc) is 3.58. The smallest absolute Gasteiger partial charge is 0.317 e. The van der Waals surface area contributed by atoms with E-state index in [1.165, 1.54) is 0 Å². The van der Waals surface area contributed by atoms with Crippen LogP contribution in [-0.4, -0.2) is 37.5 Å². The molecule has 5 aromatic rings. The highest BCUT2D eigenvalue weighted by Crippen LogP contribution is 2.26. The van der Waals surface area contributed by atoms with Gasteiger partial charge in [0.2, 0.25) is 12.1 Å². The SMILES string of the molecule is O=C1Nc2ccccc2C(c2ccccc2)=NC1Nc1nnc(-c2cccc(-n3ccnc3)c2)o1. The van der Waals surface area contributed by atoms with Crippen LogP contribution in [0, 0.1) is 0 Å². The van der Waals surface area contributed by atoms with Crippen LogP contribution in [0.15, 0.2) is 107 Å². The number of aromatic nitrogens is 4. The topological polar surface area (TPSA) is 110 Å². The number of hydrogen-bond acceptors (Lipinski definition) is 7. The van der Waals surface area contributed by atoms with Gasteiger partial charge in [0.05, 0.1) is 17.7 Å². The summed E-state index contributed by atoms with van der Waals surface area (Å²) in [6.45, 7) is 0. The molecular weight excluding hydrogens is 442 g/mol. The molecule has 0 aliphatic carbocycles. The van der Waals surface area contributed by atoms with Crippen molar-refractivity contribution in [2.75, 3.05) is 10.6 Å². The van der Waals surface area contributed by atoms with Gasteiger partial charge in [0, 0.05) is 34.8 Å². The van der Waals surface area contributed by atoms with Crippen molar-refractivity contribution >= 4 is 23.3 Å². The number of nitrogens with zero attached hydrogens (tertiary/aromatic N) is 5. The lowest BCUT2D eigenvalue weighted by Crippen LogP contribution is -2.32. The van der Waals surface area contributed by atoms with E-state index < -0.39 is 6.17 Å². The zero-order valence-corrected chi connectivity index (χ0v) is 18.4. The minimum absolute atomic E-state index is 0.0929. The van der Waals surface area contributed by atoms with Crippen LogP contribution in [0.1, 0.15) is 11.1 Å². The van der Waals surface area contributed by atoms with E-state index in [4.69, 9.17) is 9.41 Å². The Labute approximate surface area is 200 Å². The van der Waals surface area contributed by atoms with Gasteiger partial charge in [0.15, 0.2) is 0 Å². The summed E-state index contributed by atoms with van der Waals surface area (Å²) < 4.78 is 7.73. The minimum atomic E-state index is -0.969. The molecule has 1 unspecified atom stereocenters. The number of hydrogen-bond donors (Lipinski definition) is 2. The largest absolute Gasteiger partial charge is 0.403 e. The van der Waals surface area contributed by atoms with Crippen LogP contribution in [0.2, 0.25) is 0 Å². The molecule has 2 N–H and O–H groups in total. The number of rotatable bonds is 5. The minimum Gasteiger partial charge on any atom is -0.403 e. The second-order valence-corrected chi connectivity index (χ2v) is 7.86. The van der Waals surface area contributed by atoms with Gasteiger partial charge < -0.3 is 19.6 Å². The molecule has 0 saturated carbocycles. The third kappa shape index (κ3) is 4.06. The van der Waals surface area contributed by atoms with Crippen LogP contribution in [0.3, 0.4) is 0 Å². The summed E-state index contributed by atoms with van der Waals surface area (Å²) in [7, 11) is 0. The van der Waals surface area contributed by atoms with E-state index in [0.717, 1.165) is 22.4 Å². The molecule has 35 heavy (non-hydrogen) atoms. The molecule has 2 aromatic heterocycles. The third-order valence-electron chi connectivity index (χ3n) is 5.57. The molecule has 170 valence electrons. The Hall–Kier alpha value is -5.05. The lowest BCUT2D eigenvalue weighted by Gasteiger charge is -2.11. The van der Waals surface area contributed by atoms with Gasteiger partial charge in [0.1, 0.15) is 0 Å². The van der Waals surface area contributed by atoms with Crippen molar-refractivity contribution in [3.63, 3.8) is 0 Å². The molecule has 9 heteroatoms. The van der Waals surface area contributed by atoms with Crippen LogP contribution < -0.4 is 10.6 Å². The molecule has 3 aromatic carbocycles. The normalized spacial score (nSPS) is 15.0. The van der Waals surface area contributed by atoms with Gasteiger partial charge >= 0.3 is 6.01 Å². The molecule has 0 bridgehead atoms. The number of carbonyl (C=O) groups excluding carboxylic acids is 1. The molecule has 6 rings (SSSR count). The molecule has 0 radical (unpaired) electrons. The van der Waals surface area contributed by atoms with Gasteiger partial charge in [-0.25, -0.2) is 9.98 Å². The first-order chi connectivity index (χ1) is 17.2. The standard InChI is InChI=1S/C26H19N7O2/c34-24-23(29-22(17-7-2-1-3-8-17)20-11-4-5-12-21(20)28-24)30-26-32-31-25(35-26)18-9-6-10-19(15-18)33-14-13-27-16-33/h1-16,23H,(H,28,34)(H,30,32). The predicted octanol–water partition coefficient (Wildman–Crippen LogP) is 4.15. The predicted molar refractivity (Wildman–Crippen MR) is 131 cm³/mol. The zero-order chi connectivity index (χ0) is 23.6. The van der Waals surface area contributed by atoms with Gasteiger partial charge in [-0.3, -0.25) is 4.79 Å². The van der Waals surface area contributed by atoms with Crippen LogP contribution in [0.25, 0.3) is 17.1 Å². The molecule has 1 amide bonds. The summed E-state index contributed by atoms with van der Waals surface area (Å²) in [5.41, 5.74) is 4.75.